The summed E-state index contributed by atoms with van der Waals surface area (Å²) in [6.45, 7) is 3.32. The van der Waals surface area contributed by atoms with Gasteiger partial charge in [-0.15, -0.1) is 0 Å². The van der Waals surface area contributed by atoms with Gasteiger partial charge in [-0.25, -0.2) is 0 Å². The zero-order valence-electron chi connectivity index (χ0n) is 11.1. The average molecular weight is 250 g/mol. The van der Waals surface area contributed by atoms with E-state index < -0.39 is 0 Å². The van der Waals surface area contributed by atoms with E-state index in [9.17, 15) is 9.59 Å². The summed E-state index contributed by atoms with van der Waals surface area (Å²) in [6, 6.07) is 0.165. The summed E-state index contributed by atoms with van der Waals surface area (Å²) in [4.78, 5) is 28.5. The molecule has 4 heteroatoms. The molecule has 2 amide bonds. The van der Waals surface area contributed by atoms with E-state index in [0.717, 1.165) is 32.2 Å². The molecule has 3 fully saturated rings. The number of rotatable bonds is 1. The smallest absolute Gasteiger partial charge is 0.246 e. The van der Waals surface area contributed by atoms with E-state index in [2.05, 4.69) is 6.92 Å². The molecule has 18 heavy (non-hydrogen) atoms. The van der Waals surface area contributed by atoms with Crippen LogP contribution in [0.5, 0.6) is 0 Å². The van der Waals surface area contributed by atoms with Crippen LogP contribution in [0.4, 0.5) is 0 Å². The molecule has 0 aromatic rings. The van der Waals surface area contributed by atoms with Gasteiger partial charge in [0.25, 0.3) is 0 Å². The number of amides is 2. The van der Waals surface area contributed by atoms with Gasteiger partial charge in [-0.3, -0.25) is 9.59 Å². The topological polar surface area (TPSA) is 40.6 Å². The highest BCUT2D eigenvalue weighted by atomic mass is 16.2. The second kappa shape index (κ2) is 4.56. The molecular weight excluding hydrogens is 228 g/mol. The van der Waals surface area contributed by atoms with Gasteiger partial charge in [0.05, 0.1) is 0 Å². The minimum absolute atomic E-state index is 0.146. The number of hydrogen-bond donors (Lipinski definition) is 0. The number of nitrogens with zero attached hydrogens (tertiary/aromatic N) is 2. The summed E-state index contributed by atoms with van der Waals surface area (Å²) in [5.74, 6) is 0.934. The zero-order valence-corrected chi connectivity index (χ0v) is 11.1. The summed E-state index contributed by atoms with van der Waals surface area (Å²) in [5.41, 5.74) is 0. The molecule has 0 aromatic heterocycles. The van der Waals surface area contributed by atoms with Gasteiger partial charge in [-0.05, 0) is 38.0 Å². The van der Waals surface area contributed by atoms with E-state index in [0.29, 0.717) is 18.5 Å². The Kier molecular flexibility index (Phi) is 3.04. The lowest BCUT2D eigenvalue weighted by Crippen LogP contribution is -2.63. The van der Waals surface area contributed by atoms with Gasteiger partial charge in [-0.2, -0.15) is 0 Å². The molecule has 0 radical (unpaired) electrons. The van der Waals surface area contributed by atoms with Crippen molar-refractivity contribution in [2.24, 2.45) is 5.92 Å². The minimum Gasteiger partial charge on any atom is -0.329 e. The van der Waals surface area contributed by atoms with E-state index >= 15 is 0 Å². The van der Waals surface area contributed by atoms with Gasteiger partial charge in [0.1, 0.15) is 12.6 Å². The molecule has 3 aliphatic rings. The highest BCUT2D eigenvalue weighted by Crippen LogP contribution is 2.33. The first-order chi connectivity index (χ1) is 8.68. The maximum atomic E-state index is 12.6. The molecule has 0 N–H and O–H groups in total. The van der Waals surface area contributed by atoms with Crippen LogP contribution >= 0.6 is 0 Å². The Morgan fingerprint density at radius 1 is 1.00 bits per heavy atom. The molecule has 1 aliphatic carbocycles. The van der Waals surface area contributed by atoms with Crippen LogP contribution in [-0.2, 0) is 9.59 Å². The maximum absolute atomic E-state index is 12.6. The molecule has 100 valence electrons. The molecule has 0 aromatic carbocycles. The van der Waals surface area contributed by atoms with Crippen molar-refractivity contribution in [3.05, 3.63) is 0 Å². The number of piperazine rings is 1. The Bertz CT molecular complexity index is 369. The van der Waals surface area contributed by atoms with Gasteiger partial charge < -0.3 is 9.80 Å². The van der Waals surface area contributed by atoms with Crippen LogP contribution in [0.25, 0.3) is 0 Å². The van der Waals surface area contributed by atoms with Crippen molar-refractivity contribution in [2.75, 3.05) is 13.1 Å². The summed E-state index contributed by atoms with van der Waals surface area (Å²) < 4.78 is 0. The molecule has 3 rings (SSSR count). The summed E-state index contributed by atoms with van der Waals surface area (Å²) in [5, 5.41) is 0. The standard InChI is InChI=1S/C14H22N2O2/c1-10-5-4-7-11(10)16-9-13(17)15-8-3-2-6-12(15)14(16)18/h10-12H,2-9H2,1H3. The van der Waals surface area contributed by atoms with Crippen LogP contribution in [-0.4, -0.2) is 46.8 Å². The third-order valence-corrected chi connectivity index (χ3v) is 4.91. The lowest BCUT2D eigenvalue weighted by atomic mass is 9.95. The van der Waals surface area contributed by atoms with Gasteiger partial charge in [0.15, 0.2) is 0 Å². The fraction of sp³-hybridized carbons (Fsp3) is 0.857. The number of hydrogen-bond acceptors (Lipinski definition) is 2. The fourth-order valence-electron chi connectivity index (χ4n) is 3.86. The van der Waals surface area contributed by atoms with E-state index in [-0.39, 0.29) is 17.9 Å². The molecule has 0 bridgehead atoms. The predicted molar refractivity (Wildman–Crippen MR) is 67.9 cm³/mol. The van der Waals surface area contributed by atoms with Crippen LogP contribution in [0.2, 0.25) is 0 Å². The molecule has 1 saturated carbocycles. The van der Waals surface area contributed by atoms with E-state index in [1.165, 1.54) is 12.8 Å². The van der Waals surface area contributed by atoms with E-state index in [1.807, 2.05) is 9.80 Å². The van der Waals surface area contributed by atoms with Crippen LogP contribution in [0, 0.1) is 5.92 Å². The normalized spacial score (nSPS) is 37.1. The van der Waals surface area contributed by atoms with Crippen molar-refractivity contribution in [3.8, 4) is 0 Å². The fourth-order valence-corrected chi connectivity index (χ4v) is 3.86. The second-order valence-corrected chi connectivity index (χ2v) is 6.04. The quantitative estimate of drug-likeness (QED) is 0.706. The lowest BCUT2D eigenvalue weighted by Gasteiger charge is -2.45. The molecule has 4 nitrogen and oxygen atoms in total. The second-order valence-electron chi connectivity index (χ2n) is 6.04. The monoisotopic (exact) mass is 250 g/mol. The molecular formula is C14H22N2O2. The molecule has 3 atom stereocenters. The largest absolute Gasteiger partial charge is 0.329 e. The first-order valence-electron chi connectivity index (χ1n) is 7.28. The SMILES string of the molecule is CC1CCCC1N1CC(=O)N2CCCCC2C1=O. The van der Waals surface area contributed by atoms with Crippen LogP contribution < -0.4 is 0 Å². The Hall–Kier alpha value is -1.06. The van der Waals surface area contributed by atoms with Crippen molar-refractivity contribution in [1.29, 1.82) is 0 Å². The summed E-state index contributed by atoms with van der Waals surface area (Å²) >= 11 is 0. The van der Waals surface area contributed by atoms with Crippen molar-refractivity contribution < 1.29 is 9.59 Å². The Morgan fingerprint density at radius 3 is 2.56 bits per heavy atom. The third kappa shape index (κ3) is 1.82. The number of carbonyl (C=O) groups excluding carboxylic acids is 2. The molecule has 2 heterocycles. The molecule has 3 unspecified atom stereocenters. The van der Waals surface area contributed by atoms with Crippen molar-refractivity contribution >= 4 is 11.8 Å². The number of piperidine rings is 1. The minimum atomic E-state index is -0.146. The van der Waals surface area contributed by atoms with E-state index in [1.54, 1.807) is 0 Å². The molecule has 2 saturated heterocycles. The Balaban J connectivity index is 1.80. The molecule has 0 spiro atoms. The predicted octanol–water partition coefficient (Wildman–Crippen LogP) is 1.40. The molecule has 2 aliphatic heterocycles. The van der Waals surface area contributed by atoms with Crippen molar-refractivity contribution in [3.63, 3.8) is 0 Å². The van der Waals surface area contributed by atoms with Gasteiger partial charge in [0.2, 0.25) is 11.8 Å². The average Bonchev–Trinajstić information content (AvgIpc) is 2.80. The number of fused-ring (bicyclic) bond motifs is 1. The Labute approximate surface area is 108 Å². The van der Waals surface area contributed by atoms with Crippen LogP contribution in [0.1, 0.15) is 45.4 Å². The first-order valence-corrected chi connectivity index (χ1v) is 7.28. The Morgan fingerprint density at radius 2 is 1.83 bits per heavy atom. The summed E-state index contributed by atoms with van der Waals surface area (Å²) in [6.07, 6.45) is 6.45. The highest BCUT2D eigenvalue weighted by Gasteiger charge is 2.44. The number of carbonyl (C=O) groups is 2. The third-order valence-electron chi connectivity index (χ3n) is 4.91. The van der Waals surface area contributed by atoms with Gasteiger partial charge in [-0.1, -0.05) is 13.3 Å². The van der Waals surface area contributed by atoms with Gasteiger partial charge >= 0.3 is 0 Å². The zero-order chi connectivity index (χ0) is 12.7. The van der Waals surface area contributed by atoms with Crippen LogP contribution in [0.15, 0.2) is 0 Å². The highest BCUT2D eigenvalue weighted by molar-refractivity contribution is 5.95. The van der Waals surface area contributed by atoms with Crippen molar-refractivity contribution in [2.45, 2.75) is 57.5 Å². The lowest BCUT2D eigenvalue weighted by molar-refractivity contribution is -0.160. The van der Waals surface area contributed by atoms with Crippen molar-refractivity contribution in [1.82, 2.24) is 9.80 Å². The van der Waals surface area contributed by atoms with Crippen LogP contribution in [0.3, 0.4) is 0 Å². The maximum Gasteiger partial charge on any atom is 0.246 e. The van der Waals surface area contributed by atoms with E-state index in [4.69, 9.17) is 0 Å². The first kappa shape index (κ1) is 12.0. The summed E-state index contributed by atoms with van der Waals surface area (Å²) in [7, 11) is 0. The van der Waals surface area contributed by atoms with Gasteiger partial charge in [0, 0.05) is 12.6 Å².